The lowest BCUT2D eigenvalue weighted by Gasteiger charge is -2.09. The van der Waals surface area contributed by atoms with Crippen molar-refractivity contribution in [3.63, 3.8) is 0 Å². The maximum atomic E-state index is 10.7. The van der Waals surface area contributed by atoms with Gasteiger partial charge in [0.05, 0.1) is 16.1 Å². The highest BCUT2D eigenvalue weighted by atomic mass is 35.5. The van der Waals surface area contributed by atoms with Gasteiger partial charge in [0.2, 0.25) is 5.91 Å². The molecule has 0 radical (unpaired) electrons. The van der Waals surface area contributed by atoms with Crippen molar-refractivity contribution in [2.45, 2.75) is 10.9 Å². The standard InChI is InChI=1S/C9H10Cl2N2OS/c10-5-2-1-3-6(11)8(5)15-4-7(12)9(13)14/h1-3,7H,4,12H2,(H2,13,14). The van der Waals surface area contributed by atoms with Gasteiger partial charge in [-0.25, -0.2) is 0 Å². The lowest BCUT2D eigenvalue weighted by atomic mass is 10.3. The Morgan fingerprint density at radius 2 is 1.93 bits per heavy atom. The van der Waals surface area contributed by atoms with Gasteiger partial charge in [-0.3, -0.25) is 4.79 Å². The monoisotopic (exact) mass is 264 g/mol. The maximum absolute atomic E-state index is 10.7. The van der Waals surface area contributed by atoms with E-state index in [4.69, 9.17) is 34.7 Å². The van der Waals surface area contributed by atoms with Crippen molar-refractivity contribution in [2.24, 2.45) is 11.5 Å². The van der Waals surface area contributed by atoms with Gasteiger partial charge in [-0.15, -0.1) is 11.8 Å². The third kappa shape index (κ3) is 3.57. The number of carbonyl (C=O) groups excluding carboxylic acids is 1. The Hall–Kier alpha value is -0.420. The number of rotatable bonds is 4. The number of hydrogen-bond acceptors (Lipinski definition) is 3. The molecule has 0 aliphatic carbocycles. The molecule has 0 aliphatic heterocycles. The number of benzene rings is 1. The van der Waals surface area contributed by atoms with E-state index in [9.17, 15) is 4.79 Å². The summed E-state index contributed by atoms with van der Waals surface area (Å²) in [4.78, 5) is 11.4. The molecule has 0 fully saturated rings. The van der Waals surface area contributed by atoms with Crippen LogP contribution in [0.25, 0.3) is 0 Å². The van der Waals surface area contributed by atoms with E-state index in [-0.39, 0.29) is 0 Å². The SMILES string of the molecule is NC(=O)C(N)CSc1c(Cl)cccc1Cl. The van der Waals surface area contributed by atoms with Crippen LogP contribution in [0.4, 0.5) is 0 Å². The molecule has 1 atom stereocenters. The van der Waals surface area contributed by atoms with Crippen molar-refractivity contribution in [3.05, 3.63) is 28.2 Å². The van der Waals surface area contributed by atoms with Crippen LogP contribution < -0.4 is 11.5 Å². The van der Waals surface area contributed by atoms with E-state index < -0.39 is 11.9 Å². The molecule has 6 heteroatoms. The van der Waals surface area contributed by atoms with Gasteiger partial charge in [0.25, 0.3) is 0 Å². The summed E-state index contributed by atoms with van der Waals surface area (Å²) in [5, 5.41) is 1.09. The minimum Gasteiger partial charge on any atom is -0.368 e. The minimum absolute atomic E-state index is 0.360. The molecule has 0 heterocycles. The molecule has 1 rings (SSSR count). The van der Waals surface area contributed by atoms with Gasteiger partial charge >= 0.3 is 0 Å². The highest BCUT2D eigenvalue weighted by Crippen LogP contribution is 2.33. The summed E-state index contributed by atoms with van der Waals surface area (Å²) in [6.07, 6.45) is 0. The van der Waals surface area contributed by atoms with Gasteiger partial charge in [0.1, 0.15) is 0 Å². The lowest BCUT2D eigenvalue weighted by molar-refractivity contribution is -0.118. The highest BCUT2D eigenvalue weighted by Gasteiger charge is 2.12. The molecule has 1 aromatic rings. The smallest absolute Gasteiger partial charge is 0.235 e. The van der Waals surface area contributed by atoms with Gasteiger partial charge in [-0.1, -0.05) is 29.3 Å². The van der Waals surface area contributed by atoms with Crippen LogP contribution in [0.2, 0.25) is 10.0 Å². The summed E-state index contributed by atoms with van der Waals surface area (Å²) in [6, 6.07) is 4.52. The van der Waals surface area contributed by atoms with E-state index in [1.54, 1.807) is 18.2 Å². The first kappa shape index (κ1) is 12.6. The molecule has 82 valence electrons. The number of halogens is 2. The number of carbonyl (C=O) groups is 1. The molecular formula is C9H10Cl2N2OS. The summed E-state index contributed by atoms with van der Waals surface area (Å²) in [7, 11) is 0. The molecular weight excluding hydrogens is 255 g/mol. The van der Waals surface area contributed by atoms with Gasteiger partial charge in [0, 0.05) is 10.6 Å². The van der Waals surface area contributed by atoms with E-state index in [0.29, 0.717) is 15.8 Å². The van der Waals surface area contributed by atoms with Crippen molar-refractivity contribution in [1.29, 1.82) is 0 Å². The van der Waals surface area contributed by atoms with Crippen LogP contribution in [-0.4, -0.2) is 17.7 Å². The van der Waals surface area contributed by atoms with Crippen LogP contribution in [0.5, 0.6) is 0 Å². The third-order valence-electron chi connectivity index (χ3n) is 1.69. The Bertz CT molecular complexity index is 353. The predicted molar refractivity (Wildman–Crippen MR) is 64.4 cm³/mol. The summed E-state index contributed by atoms with van der Waals surface area (Å²) in [5.41, 5.74) is 10.5. The van der Waals surface area contributed by atoms with Crippen LogP contribution >= 0.6 is 35.0 Å². The molecule has 3 nitrogen and oxygen atoms in total. The van der Waals surface area contributed by atoms with Gasteiger partial charge in [0.15, 0.2) is 0 Å². The molecule has 15 heavy (non-hydrogen) atoms. The van der Waals surface area contributed by atoms with E-state index in [1.807, 2.05) is 0 Å². The Kier molecular flexibility index (Phi) is 4.73. The van der Waals surface area contributed by atoms with Crippen LogP contribution in [0, 0.1) is 0 Å². The largest absolute Gasteiger partial charge is 0.368 e. The summed E-state index contributed by atoms with van der Waals surface area (Å²) >= 11 is 13.2. The topological polar surface area (TPSA) is 69.1 Å². The molecule has 0 aromatic heterocycles. The zero-order valence-electron chi connectivity index (χ0n) is 7.74. The first-order chi connectivity index (χ1) is 7.02. The summed E-state index contributed by atoms with van der Waals surface area (Å²) < 4.78 is 0. The average molecular weight is 265 g/mol. The van der Waals surface area contributed by atoms with Crippen LogP contribution in [0.15, 0.2) is 23.1 Å². The number of amides is 1. The Labute approximate surface area is 102 Å². The number of primary amides is 1. The van der Waals surface area contributed by atoms with Crippen molar-refractivity contribution in [1.82, 2.24) is 0 Å². The van der Waals surface area contributed by atoms with Gasteiger partial charge < -0.3 is 11.5 Å². The third-order valence-corrected chi connectivity index (χ3v) is 3.80. The zero-order chi connectivity index (χ0) is 11.4. The average Bonchev–Trinajstić information content (AvgIpc) is 2.16. The highest BCUT2D eigenvalue weighted by molar-refractivity contribution is 7.99. The fourth-order valence-electron chi connectivity index (χ4n) is 0.876. The molecule has 0 aliphatic rings. The summed E-state index contributed by atoms with van der Waals surface area (Å²) in [5.74, 6) is -0.177. The van der Waals surface area contributed by atoms with Crippen LogP contribution in [-0.2, 0) is 4.79 Å². The number of nitrogens with two attached hydrogens (primary N) is 2. The second-order valence-corrected chi connectivity index (χ2v) is 4.72. The first-order valence-corrected chi connectivity index (χ1v) is 5.88. The second kappa shape index (κ2) is 5.61. The fraction of sp³-hybridized carbons (Fsp3) is 0.222. The van der Waals surface area contributed by atoms with E-state index >= 15 is 0 Å². The lowest BCUT2D eigenvalue weighted by Crippen LogP contribution is -2.38. The van der Waals surface area contributed by atoms with Crippen molar-refractivity contribution in [2.75, 3.05) is 5.75 Å². The van der Waals surface area contributed by atoms with Crippen molar-refractivity contribution in [3.8, 4) is 0 Å². The van der Waals surface area contributed by atoms with E-state index in [0.717, 1.165) is 4.90 Å². The maximum Gasteiger partial charge on any atom is 0.235 e. The molecule has 0 spiro atoms. The number of thioether (sulfide) groups is 1. The van der Waals surface area contributed by atoms with Crippen LogP contribution in [0.1, 0.15) is 0 Å². The van der Waals surface area contributed by atoms with E-state index in [2.05, 4.69) is 0 Å². The minimum atomic E-state index is -0.692. The van der Waals surface area contributed by atoms with Gasteiger partial charge in [-0.05, 0) is 12.1 Å². The molecule has 4 N–H and O–H groups in total. The quantitative estimate of drug-likeness (QED) is 0.817. The van der Waals surface area contributed by atoms with E-state index in [1.165, 1.54) is 11.8 Å². The Morgan fingerprint density at radius 3 is 2.40 bits per heavy atom. The molecule has 0 bridgehead atoms. The number of hydrogen-bond donors (Lipinski definition) is 2. The van der Waals surface area contributed by atoms with Crippen LogP contribution in [0.3, 0.4) is 0 Å². The molecule has 1 aromatic carbocycles. The van der Waals surface area contributed by atoms with Gasteiger partial charge in [-0.2, -0.15) is 0 Å². The zero-order valence-corrected chi connectivity index (χ0v) is 10.1. The fourth-order valence-corrected chi connectivity index (χ4v) is 2.52. The Balaban J connectivity index is 2.69. The van der Waals surface area contributed by atoms with Crippen molar-refractivity contribution >= 4 is 40.9 Å². The van der Waals surface area contributed by atoms with Crippen molar-refractivity contribution < 1.29 is 4.79 Å². The normalized spacial score (nSPS) is 12.5. The summed E-state index contributed by atoms with van der Waals surface area (Å²) in [6.45, 7) is 0. The molecule has 1 amide bonds. The molecule has 0 saturated heterocycles. The second-order valence-electron chi connectivity index (χ2n) is 2.87. The molecule has 1 unspecified atom stereocenters. The Morgan fingerprint density at radius 1 is 1.40 bits per heavy atom. The first-order valence-electron chi connectivity index (χ1n) is 4.14. The molecule has 0 saturated carbocycles. The predicted octanol–water partition coefficient (Wildman–Crippen LogP) is 1.90.